The molecule has 50 heavy (non-hydrogen) atoms. The van der Waals surface area contributed by atoms with Gasteiger partial charge in [-0.1, -0.05) is 28.0 Å². The number of aliphatic carboxylic acids is 1. The number of ether oxygens (including phenoxy) is 1. The van der Waals surface area contributed by atoms with E-state index in [1.54, 1.807) is 6.92 Å². The minimum absolute atomic E-state index is 0.0252. The maximum absolute atomic E-state index is 14.9. The number of carboxylic acid groups (broad SMARTS) is 1. The maximum Gasteiger partial charge on any atom is 0.303 e. The first-order chi connectivity index (χ1) is 23.7. The number of halogens is 4. The third kappa shape index (κ3) is 8.04. The molecule has 0 aliphatic carbocycles. The Morgan fingerprint density at radius 2 is 1.40 bits per heavy atom. The Kier molecular flexibility index (Phi) is 10.7. The highest BCUT2D eigenvalue weighted by atomic mass is 32.3. The molecule has 1 aromatic heterocycles. The molecule has 0 fully saturated rings. The van der Waals surface area contributed by atoms with Gasteiger partial charge in [0.1, 0.15) is 44.6 Å². The van der Waals surface area contributed by atoms with Gasteiger partial charge in [-0.2, -0.15) is 0 Å². The van der Waals surface area contributed by atoms with Gasteiger partial charge in [0.15, 0.2) is 0 Å². The third-order valence-corrected chi connectivity index (χ3v) is 11.8. The summed E-state index contributed by atoms with van der Waals surface area (Å²) in [6.07, 6.45) is -0.378. The van der Waals surface area contributed by atoms with Crippen LogP contribution in [0.25, 0.3) is 11.5 Å². The third-order valence-electron chi connectivity index (χ3n) is 7.49. The van der Waals surface area contributed by atoms with Crippen molar-refractivity contribution in [2.24, 2.45) is 0 Å². The van der Waals surface area contributed by atoms with Crippen LogP contribution in [-0.2, 0) is 44.2 Å². The highest BCUT2D eigenvalue weighted by Gasteiger charge is 2.40. The molecule has 0 amide bonds. The molecule has 0 saturated carbocycles. The van der Waals surface area contributed by atoms with Crippen molar-refractivity contribution in [1.29, 1.82) is 0 Å². The fourth-order valence-electron chi connectivity index (χ4n) is 4.98. The van der Waals surface area contributed by atoms with E-state index in [0.29, 0.717) is 41.6 Å². The minimum Gasteiger partial charge on any atom is -0.493 e. The van der Waals surface area contributed by atoms with Gasteiger partial charge < -0.3 is 14.3 Å². The number of nitrogens with zero attached hydrogens (tertiary/aromatic N) is 2. The summed E-state index contributed by atoms with van der Waals surface area (Å²) in [7, 11) is -10.9. The van der Waals surface area contributed by atoms with E-state index in [0.717, 1.165) is 5.56 Å². The predicted molar refractivity (Wildman–Crippen MR) is 171 cm³/mol. The van der Waals surface area contributed by atoms with Crippen molar-refractivity contribution in [2.45, 2.75) is 42.5 Å². The van der Waals surface area contributed by atoms with Gasteiger partial charge in [-0.15, -0.1) is 0 Å². The van der Waals surface area contributed by atoms with Crippen molar-refractivity contribution in [2.75, 3.05) is 6.61 Å². The van der Waals surface area contributed by atoms with E-state index in [4.69, 9.17) is 9.15 Å². The van der Waals surface area contributed by atoms with Crippen LogP contribution in [0.4, 0.5) is 17.6 Å². The molecule has 1 N–H and O–H groups in total. The summed E-state index contributed by atoms with van der Waals surface area (Å²) in [6.45, 7) is 0.651. The number of oxazole rings is 1. The Morgan fingerprint density at radius 1 is 0.800 bits per heavy atom. The van der Waals surface area contributed by atoms with E-state index in [2.05, 4.69) is 4.98 Å². The molecule has 10 nitrogen and oxygen atoms in total. The van der Waals surface area contributed by atoms with Gasteiger partial charge in [0.2, 0.25) is 5.89 Å². The van der Waals surface area contributed by atoms with Gasteiger partial charge >= 0.3 is 5.97 Å². The second-order valence-corrected chi connectivity index (χ2v) is 14.8. The number of sulfonamides is 2. The molecule has 0 unspecified atom stereocenters. The monoisotopic (exact) mass is 732 g/mol. The normalized spacial score (nSPS) is 12.0. The Labute approximate surface area is 284 Å². The molecule has 4 aromatic carbocycles. The van der Waals surface area contributed by atoms with Crippen molar-refractivity contribution >= 4 is 26.0 Å². The van der Waals surface area contributed by atoms with Gasteiger partial charge in [0.05, 0.1) is 18.8 Å². The molecular formula is C34H28F4N2O8S2. The summed E-state index contributed by atoms with van der Waals surface area (Å²) in [5, 5.41) is 9.30. The van der Waals surface area contributed by atoms with Crippen LogP contribution in [0, 0.1) is 30.2 Å². The van der Waals surface area contributed by atoms with Gasteiger partial charge in [0.25, 0.3) is 20.0 Å². The largest absolute Gasteiger partial charge is 0.493 e. The zero-order valence-corrected chi connectivity index (χ0v) is 27.8. The van der Waals surface area contributed by atoms with Gasteiger partial charge in [0, 0.05) is 30.5 Å². The van der Waals surface area contributed by atoms with Crippen molar-refractivity contribution in [3.63, 3.8) is 0 Å². The highest BCUT2D eigenvalue weighted by molar-refractivity contribution is 8.04. The number of benzene rings is 4. The van der Waals surface area contributed by atoms with Crippen LogP contribution in [0.3, 0.4) is 0 Å². The summed E-state index contributed by atoms with van der Waals surface area (Å²) in [5.41, 5.74) is 1.44. The van der Waals surface area contributed by atoms with Gasteiger partial charge in [-0.3, -0.25) is 4.79 Å². The van der Waals surface area contributed by atoms with Crippen molar-refractivity contribution in [3.8, 4) is 17.2 Å². The molecule has 0 bridgehead atoms. The lowest BCUT2D eigenvalue weighted by Crippen LogP contribution is -2.37. The van der Waals surface area contributed by atoms with E-state index in [-0.39, 0.29) is 52.2 Å². The van der Waals surface area contributed by atoms with Crippen molar-refractivity contribution < 1.29 is 53.5 Å². The molecule has 0 aliphatic rings. The van der Waals surface area contributed by atoms with Gasteiger partial charge in [-0.25, -0.2) is 39.4 Å². The molecule has 0 saturated heterocycles. The number of aryl methyl sites for hydroxylation is 2. The number of hydrogen-bond acceptors (Lipinski definition) is 8. The lowest BCUT2D eigenvalue weighted by molar-refractivity contribution is -0.136. The molecule has 5 rings (SSSR count). The molecular weight excluding hydrogens is 705 g/mol. The summed E-state index contributed by atoms with van der Waals surface area (Å²) < 4.78 is 124. The number of hydrogen-bond donors (Lipinski definition) is 1. The first-order valence-corrected chi connectivity index (χ1v) is 17.7. The Morgan fingerprint density at radius 3 is 1.96 bits per heavy atom. The van der Waals surface area contributed by atoms with Crippen LogP contribution >= 0.6 is 0 Å². The summed E-state index contributed by atoms with van der Waals surface area (Å²) in [5.74, 6) is -5.73. The average Bonchev–Trinajstić information content (AvgIpc) is 3.43. The van der Waals surface area contributed by atoms with Crippen LogP contribution in [0.2, 0.25) is 0 Å². The van der Waals surface area contributed by atoms with E-state index < -0.39 is 72.0 Å². The Bertz CT molecular complexity index is 2180. The van der Waals surface area contributed by atoms with Crippen LogP contribution in [0.15, 0.2) is 99.1 Å². The van der Waals surface area contributed by atoms with E-state index in [9.17, 15) is 44.3 Å². The average molecular weight is 733 g/mol. The molecule has 0 spiro atoms. The molecule has 1 heterocycles. The van der Waals surface area contributed by atoms with Gasteiger partial charge in [-0.05, 0) is 73.0 Å². The highest BCUT2D eigenvalue weighted by Crippen LogP contribution is 2.32. The first kappa shape index (κ1) is 36.2. The molecule has 262 valence electrons. The summed E-state index contributed by atoms with van der Waals surface area (Å²) in [6, 6.07) is 15.9. The van der Waals surface area contributed by atoms with E-state index in [1.165, 1.54) is 18.2 Å². The predicted octanol–water partition coefficient (Wildman–Crippen LogP) is 6.42. The topological polar surface area (TPSA) is 144 Å². The quantitative estimate of drug-likeness (QED) is 0.128. The molecule has 0 radical (unpaired) electrons. The van der Waals surface area contributed by atoms with Crippen LogP contribution in [0.5, 0.6) is 5.75 Å². The number of rotatable bonds is 14. The zero-order valence-electron chi connectivity index (χ0n) is 26.1. The lowest BCUT2D eigenvalue weighted by atomic mass is 10.0. The van der Waals surface area contributed by atoms with Crippen molar-refractivity contribution in [3.05, 3.63) is 131 Å². The first-order valence-electron chi connectivity index (χ1n) is 14.8. The smallest absolute Gasteiger partial charge is 0.303 e. The van der Waals surface area contributed by atoms with Crippen molar-refractivity contribution in [1.82, 2.24) is 8.69 Å². The maximum atomic E-state index is 14.9. The number of aromatic nitrogens is 1. The fourth-order valence-corrected chi connectivity index (χ4v) is 8.64. The Balaban J connectivity index is 1.51. The molecule has 0 aliphatic heterocycles. The number of carboxylic acids is 1. The zero-order chi connectivity index (χ0) is 36.2. The second kappa shape index (κ2) is 14.8. The molecule has 5 aromatic rings. The van der Waals surface area contributed by atoms with Crippen LogP contribution < -0.4 is 4.74 Å². The van der Waals surface area contributed by atoms with Crippen LogP contribution in [0.1, 0.15) is 29.0 Å². The molecule has 16 heteroatoms. The summed E-state index contributed by atoms with van der Waals surface area (Å²) >= 11 is 0. The van der Waals surface area contributed by atoms with Crippen LogP contribution in [-0.4, -0.2) is 43.2 Å². The number of carbonyl (C=O) groups is 1. The fraction of sp³-hybridized carbons (Fsp3) is 0.176. The minimum atomic E-state index is -5.45. The van der Waals surface area contributed by atoms with E-state index >= 15 is 0 Å². The lowest BCUT2D eigenvalue weighted by Gasteiger charge is -2.24. The molecule has 0 atom stereocenters. The Hall–Kier alpha value is -5.06. The summed E-state index contributed by atoms with van der Waals surface area (Å²) in [4.78, 5) is 13.4. The second-order valence-electron chi connectivity index (χ2n) is 10.9. The SMILES string of the molecule is Cc1oc(-c2ccccc2)nc1CCOc1ccc(CCC(=O)O)c(CN(S(=O)(=O)c2ccc(F)cc2F)S(=O)(=O)c2ccc(F)cc2F)c1. The van der Waals surface area contributed by atoms with E-state index in [1.807, 2.05) is 30.3 Å². The standard InChI is InChI=1S/C34H28F4N2O8S2/c1-21-30(39-34(48-21)23-5-3-2-4-6-23)15-16-47-27-11-7-22(8-14-33(41)42)24(17-27)20-40(49(43,44)31-12-9-25(35)18-28(31)37)50(45,46)32-13-10-26(36)19-29(32)38/h2-7,9-13,17-19H,8,14-16,20H2,1H3,(H,41,42).